The van der Waals surface area contributed by atoms with Gasteiger partial charge >= 0.3 is 10.4 Å². The topological polar surface area (TPSA) is 86.7 Å². The van der Waals surface area contributed by atoms with Gasteiger partial charge in [-0.15, -0.1) is 0 Å². The fourth-order valence-electron chi connectivity index (χ4n) is 1.60. The van der Waals surface area contributed by atoms with Crippen LogP contribution in [0.5, 0.6) is 0 Å². The Morgan fingerprint density at radius 3 is 2.00 bits per heavy atom. The zero-order chi connectivity index (χ0) is 15.4. The summed E-state index contributed by atoms with van der Waals surface area (Å²) >= 11 is 0. The van der Waals surface area contributed by atoms with E-state index >= 15 is 0 Å². The van der Waals surface area contributed by atoms with E-state index in [0.717, 1.165) is 26.4 Å². The molecule has 0 amide bonds. The number of rotatable bonds is 13. The first-order chi connectivity index (χ1) is 9.41. The Balaban J connectivity index is 3.61. The third kappa shape index (κ3) is 11.1. The van der Waals surface area contributed by atoms with Gasteiger partial charge in [0.2, 0.25) is 0 Å². The highest BCUT2D eigenvalue weighted by Gasteiger charge is 2.10. The van der Waals surface area contributed by atoms with Gasteiger partial charge in [-0.25, -0.2) is 4.18 Å². The molecule has 0 radical (unpaired) electrons. The van der Waals surface area contributed by atoms with Gasteiger partial charge in [-0.3, -0.25) is 13.8 Å². The number of carbonyl (C=O) groups excluding carboxylic acids is 2. The number of Topliss-reactive ketones (excluding diaryl/α,β-unsaturated/α-hetero) is 2. The highest BCUT2D eigenvalue weighted by atomic mass is 32.3. The summed E-state index contributed by atoms with van der Waals surface area (Å²) in [4.78, 5) is 22.9. The van der Waals surface area contributed by atoms with Crippen LogP contribution in [0, 0.1) is 0 Å². The summed E-state index contributed by atoms with van der Waals surface area (Å²) in [6.45, 7) is 2.04. The molecule has 0 aromatic rings. The van der Waals surface area contributed by atoms with Crippen molar-refractivity contribution in [2.75, 3.05) is 13.7 Å². The number of hydrogen-bond donors (Lipinski definition) is 0. The second-order valence-corrected chi connectivity index (χ2v) is 5.95. The lowest BCUT2D eigenvalue weighted by Crippen LogP contribution is -2.10. The van der Waals surface area contributed by atoms with Gasteiger partial charge in [-0.05, 0) is 19.3 Å². The van der Waals surface area contributed by atoms with Gasteiger partial charge in [0.15, 0.2) is 0 Å². The summed E-state index contributed by atoms with van der Waals surface area (Å²) in [5.74, 6) is -0.109. The smallest absolute Gasteiger partial charge is 0.299 e. The van der Waals surface area contributed by atoms with E-state index in [9.17, 15) is 18.0 Å². The van der Waals surface area contributed by atoms with E-state index in [1.165, 1.54) is 0 Å². The van der Waals surface area contributed by atoms with Crippen LogP contribution in [0.2, 0.25) is 0 Å². The minimum atomic E-state index is -3.89. The van der Waals surface area contributed by atoms with Gasteiger partial charge in [0.05, 0.1) is 20.1 Å². The first-order valence-electron chi connectivity index (χ1n) is 6.89. The Morgan fingerprint density at radius 1 is 0.950 bits per heavy atom. The molecule has 0 aliphatic heterocycles. The second kappa shape index (κ2) is 10.9. The average Bonchev–Trinajstić information content (AvgIpc) is 2.38. The molecule has 0 bridgehead atoms. The van der Waals surface area contributed by atoms with Gasteiger partial charge in [-0.2, -0.15) is 8.42 Å². The van der Waals surface area contributed by atoms with E-state index < -0.39 is 10.4 Å². The maximum Gasteiger partial charge on any atom is 0.399 e. The van der Waals surface area contributed by atoms with E-state index in [2.05, 4.69) is 15.3 Å². The molecule has 0 atom stereocenters. The molecule has 7 heteroatoms. The highest BCUT2D eigenvalue weighted by Crippen LogP contribution is 2.06. The van der Waals surface area contributed by atoms with E-state index in [0.29, 0.717) is 19.3 Å². The molecule has 0 rings (SSSR count). The lowest BCUT2D eigenvalue weighted by Gasteiger charge is -2.03. The average molecular weight is 308 g/mol. The largest absolute Gasteiger partial charge is 0.399 e. The zero-order valence-corrected chi connectivity index (χ0v) is 13.0. The monoisotopic (exact) mass is 308 g/mol. The van der Waals surface area contributed by atoms with Crippen molar-refractivity contribution in [1.29, 1.82) is 0 Å². The summed E-state index contributed by atoms with van der Waals surface area (Å²) in [5.41, 5.74) is 0. The fourth-order valence-corrected chi connectivity index (χ4v) is 2.02. The van der Waals surface area contributed by atoms with E-state index in [4.69, 9.17) is 0 Å². The molecule has 0 heterocycles. The maximum atomic E-state index is 11.5. The standard InChI is InChI=1S/C13H24O6S/c1-3-4-5-8-12(14)11-13(15)9-6-7-10-19-20(16,17)18-2/h3-11H2,1-2H3. The summed E-state index contributed by atoms with van der Waals surface area (Å²) in [5, 5.41) is 0. The molecule has 0 saturated heterocycles. The Morgan fingerprint density at radius 2 is 1.50 bits per heavy atom. The summed E-state index contributed by atoms with van der Waals surface area (Å²) in [6, 6.07) is 0. The molecule has 0 aliphatic carbocycles. The first-order valence-corrected chi connectivity index (χ1v) is 8.23. The Hall–Kier alpha value is -0.790. The van der Waals surface area contributed by atoms with Crippen LogP contribution in [0.1, 0.15) is 58.3 Å². The van der Waals surface area contributed by atoms with E-state index in [1.807, 2.05) is 0 Å². The van der Waals surface area contributed by atoms with Crippen molar-refractivity contribution >= 4 is 22.0 Å². The van der Waals surface area contributed by atoms with E-state index in [-0.39, 0.29) is 31.0 Å². The molecule has 0 N–H and O–H groups in total. The van der Waals surface area contributed by atoms with Crippen molar-refractivity contribution in [2.24, 2.45) is 0 Å². The molecule has 0 aromatic carbocycles. The molecular formula is C13H24O6S. The summed E-state index contributed by atoms with van der Waals surface area (Å²) < 4.78 is 30.2. The predicted octanol–water partition coefficient (Wildman–Crippen LogP) is 2.17. The van der Waals surface area contributed by atoms with Crippen molar-refractivity contribution in [3.05, 3.63) is 0 Å². The minimum Gasteiger partial charge on any atom is -0.299 e. The van der Waals surface area contributed by atoms with Crippen LogP contribution in [-0.4, -0.2) is 33.7 Å². The first kappa shape index (κ1) is 19.2. The van der Waals surface area contributed by atoms with Gasteiger partial charge in [0.1, 0.15) is 11.6 Å². The molecule has 0 aromatic heterocycles. The quantitative estimate of drug-likeness (QED) is 0.383. The van der Waals surface area contributed by atoms with Crippen LogP contribution in [0.4, 0.5) is 0 Å². The van der Waals surface area contributed by atoms with Crippen molar-refractivity contribution in [2.45, 2.75) is 58.3 Å². The van der Waals surface area contributed by atoms with Crippen molar-refractivity contribution in [3.63, 3.8) is 0 Å². The normalized spacial score (nSPS) is 11.5. The van der Waals surface area contributed by atoms with Crippen molar-refractivity contribution < 1.29 is 26.4 Å². The van der Waals surface area contributed by atoms with E-state index in [1.54, 1.807) is 0 Å². The minimum absolute atomic E-state index is 0.0124. The summed E-state index contributed by atoms with van der Waals surface area (Å²) in [6.07, 6.45) is 4.55. The van der Waals surface area contributed by atoms with Crippen LogP contribution >= 0.6 is 0 Å². The predicted molar refractivity (Wildman–Crippen MR) is 74.5 cm³/mol. The summed E-state index contributed by atoms with van der Waals surface area (Å²) in [7, 11) is -2.87. The van der Waals surface area contributed by atoms with Crippen LogP contribution in [0.3, 0.4) is 0 Å². The fraction of sp³-hybridized carbons (Fsp3) is 0.846. The van der Waals surface area contributed by atoms with Gasteiger partial charge in [0, 0.05) is 12.8 Å². The third-order valence-corrected chi connectivity index (χ3v) is 3.60. The van der Waals surface area contributed by atoms with Gasteiger partial charge < -0.3 is 0 Å². The van der Waals surface area contributed by atoms with Crippen LogP contribution < -0.4 is 0 Å². The molecular weight excluding hydrogens is 284 g/mol. The van der Waals surface area contributed by atoms with Gasteiger partial charge in [-0.1, -0.05) is 19.8 Å². The highest BCUT2D eigenvalue weighted by molar-refractivity contribution is 7.81. The molecule has 0 aliphatic rings. The van der Waals surface area contributed by atoms with Crippen LogP contribution in [0.15, 0.2) is 0 Å². The lowest BCUT2D eigenvalue weighted by atomic mass is 10.0. The molecule has 0 fully saturated rings. The Bertz CT molecular complexity index is 388. The maximum absolute atomic E-state index is 11.5. The Labute approximate surface area is 121 Å². The molecule has 0 spiro atoms. The lowest BCUT2D eigenvalue weighted by molar-refractivity contribution is -0.127. The SMILES string of the molecule is CCCCCC(=O)CC(=O)CCCCOS(=O)(=O)OC. The van der Waals surface area contributed by atoms with Crippen LogP contribution in [-0.2, 0) is 28.4 Å². The number of carbonyl (C=O) groups is 2. The molecule has 0 unspecified atom stereocenters. The van der Waals surface area contributed by atoms with Crippen molar-refractivity contribution in [3.8, 4) is 0 Å². The Kier molecular flexibility index (Phi) is 10.5. The molecule has 20 heavy (non-hydrogen) atoms. The number of unbranched alkanes of at least 4 members (excludes halogenated alkanes) is 3. The molecule has 118 valence electrons. The van der Waals surface area contributed by atoms with Crippen LogP contribution in [0.25, 0.3) is 0 Å². The van der Waals surface area contributed by atoms with Gasteiger partial charge in [0.25, 0.3) is 0 Å². The molecule has 0 saturated carbocycles. The third-order valence-electron chi connectivity index (χ3n) is 2.74. The zero-order valence-electron chi connectivity index (χ0n) is 12.2. The number of hydrogen-bond acceptors (Lipinski definition) is 6. The number of ketones is 2. The molecule has 6 nitrogen and oxygen atoms in total. The second-order valence-electron chi connectivity index (χ2n) is 4.57. The van der Waals surface area contributed by atoms with Crippen molar-refractivity contribution in [1.82, 2.24) is 0 Å².